The molecule has 96 valence electrons. The SMILES string of the molecule is O=C(O)CC1CCC(=O)N1Cc1cccc(Cl)c1. The molecule has 1 atom stereocenters. The van der Waals surface area contributed by atoms with Gasteiger partial charge in [0.25, 0.3) is 0 Å². The lowest BCUT2D eigenvalue weighted by molar-refractivity contribution is -0.139. The second kappa shape index (κ2) is 5.40. The number of nitrogens with zero attached hydrogens (tertiary/aromatic N) is 1. The Morgan fingerprint density at radius 1 is 1.50 bits per heavy atom. The summed E-state index contributed by atoms with van der Waals surface area (Å²) >= 11 is 5.89. The first-order valence-corrected chi connectivity index (χ1v) is 6.20. The number of aliphatic carboxylic acids is 1. The molecule has 18 heavy (non-hydrogen) atoms. The van der Waals surface area contributed by atoms with Gasteiger partial charge in [-0.1, -0.05) is 23.7 Å². The molecule has 1 heterocycles. The van der Waals surface area contributed by atoms with Crippen LogP contribution in [0.3, 0.4) is 0 Å². The van der Waals surface area contributed by atoms with Gasteiger partial charge in [-0.2, -0.15) is 0 Å². The van der Waals surface area contributed by atoms with Crippen LogP contribution in [-0.4, -0.2) is 27.9 Å². The standard InChI is InChI=1S/C13H14ClNO3/c14-10-3-1-2-9(6-10)8-15-11(7-13(17)18)4-5-12(15)16/h1-3,6,11H,4-5,7-8H2,(H,17,18). The van der Waals surface area contributed by atoms with E-state index >= 15 is 0 Å². The Morgan fingerprint density at radius 3 is 2.94 bits per heavy atom. The number of hydrogen-bond acceptors (Lipinski definition) is 2. The normalized spacial score (nSPS) is 19.3. The molecule has 1 aliphatic heterocycles. The molecular weight excluding hydrogens is 254 g/mol. The quantitative estimate of drug-likeness (QED) is 0.911. The van der Waals surface area contributed by atoms with E-state index in [4.69, 9.17) is 16.7 Å². The minimum Gasteiger partial charge on any atom is -0.481 e. The summed E-state index contributed by atoms with van der Waals surface area (Å²) in [5.74, 6) is -0.855. The molecule has 1 saturated heterocycles. The largest absolute Gasteiger partial charge is 0.481 e. The van der Waals surface area contributed by atoms with Crippen molar-refractivity contribution in [2.24, 2.45) is 0 Å². The Hall–Kier alpha value is -1.55. The monoisotopic (exact) mass is 267 g/mol. The van der Waals surface area contributed by atoms with Crippen LogP contribution in [0.25, 0.3) is 0 Å². The third-order valence-electron chi connectivity index (χ3n) is 3.10. The van der Waals surface area contributed by atoms with E-state index in [0.29, 0.717) is 24.4 Å². The lowest BCUT2D eigenvalue weighted by Gasteiger charge is -2.23. The molecule has 2 rings (SSSR count). The van der Waals surface area contributed by atoms with E-state index in [-0.39, 0.29) is 18.4 Å². The number of rotatable bonds is 4. The average molecular weight is 268 g/mol. The molecule has 1 aliphatic rings. The van der Waals surface area contributed by atoms with E-state index in [9.17, 15) is 9.59 Å². The van der Waals surface area contributed by atoms with Crippen molar-refractivity contribution in [1.82, 2.24) is 4.90 Å². The summed E-state index contributed by atoms with van der Waals surface area (Å²) in [6.45, 7) is 0.428. The number of carboxylic acids is 1. The Kier molecular flexibility index (Phi) is 3.87. The van der Waals surface area contributed by atoms with Crippen molar-refractivity contribution < 1.29 is 14.7 Å². The van der Waals surface area contributed by atoms with E-state index in [1.165, 1.54) is 0 Å². The van der Waals surface area contributed by atoms with Gasteiger partial charge < -0.3 is 10.0 Å². The van der Waals surface area contributed by atoms with Gasteiger partial charge in [-0.25, -0.2) is 0 Å². The summed E-state index contributed by atoms with van der Waals surface area (Å²) in [6, 6.07) is 7.07. The van der Waals surface area contributed by atoms with Crippen LogP contribution in [-0.2, 0) is 16.1 Å². The number of halogens is 1. The zero-order valence-electron chi connectivity index (χ0n) is 9.80. The maximum absolute atomic E-state index is 11.8. The molecule has 0 radical (unpaired) electrons. The average Bonchev–Trinajstić information content (AvgIpc) is 2.61. The summed E-state index contributed by atoms with van der Waals surface area (Å²) in [4.78, 5) is 24.1. The smallest absolute Gasteiger partial charge is 0.305 e. The van der Waals surface area contributed by atoms with Gasteiger partial charge in [-0.3, -0.25) is 9.59 Å². The summed E-state index contributed by atoms with van der Waals surface area (Å²) in [5, 5.41) is 9.45. The van der Waals surface area contributed by atoms with Crippen LogP contribution in [0.1, 0.15) is 24.8 Å². The molecule has 1 fully saturated rings. The fraction of sp³-hybridized carbons (Fsp3) is 0.385. The summed E-state index contributed by atoms with van der Waals surface area (Å²) in [5.41, 5.74) is 0.924. The molecule has 5 heteroatoms. The fourth-order valence-corrected chi connectivity index (χ4v) is 2.47. The molecule has 0 aliphatic carbocycles. The lowest BCUT2D eigenvalue weighted by atomic mass is 10.1. The van der Waals surface area contributed by atoms with Crippen LogP contribution in [0.2, 0.25) is 5.02 Å². The van der Waals surface area contributed by atoms with Gasteiger partial charge in [0.05, 0.1) is 6.42 Å². The first kappa shape index (κ1) is 12.9. The maximum Gasteiger partial charge on any atom is 0.305 e. The van der Waals surface area contributed by atoms with Crippen LogP contribution < -0.4 is 0 Å². The zero-order valence-corrected chi connectivity index (χ0v) is 10.6. The molecule has 0 saturated carbocycles. The fourth-order valence-electron chi connectivity index (χ4n) is 2.26. The molecule has 1 aromatic rings. The van der Waals surface area contributed by atoms with E-state index < -0.39 is 5.97 Å². The molecule has 4 nitrogen and oxygen atoms in total. The van der Waals surface area contributed by atoms with E-state index in [1.54, 1.807) is 17.0 Å². The second-order valence-electron chi connectivity index (χ2n) is 4.44. The van der Waals surface area contributed by atoms with Gasteiger partial charge >= 0.3 is 5.97 Å². The predicted molar refractivity (Wildman–Crippen MR) is 67.3 cm³/mol. The topological polar surface area (TPSA) is 57.6 Å². The molecule has 0 aromatic heterocycles. The number of likely N-dealkylation sites (tertiary alicyclic amines) is 1. The Labute approximate surface area is 110 Å². The Morgan fingerprint density at radius 2 is 2.28 bits per heavy atom. The van der Waals surface area contributed by atoms with Crippen molar-refractivity contribution in [2.45, 2.75) is 31.8 Å². The molecule has 1 N–H and O–H groups in total. The highest BCUT2D eigenvalue weighted by Crippen LogP contribution is 2.24. The third kappa shape index (κ3) is 3.01. The van der Waals surface area contributed by atoms with E-state index in [1.807, 2.05) is 12.1 Å². The third-order valence-corrected chi connectivity index (χ3v) is 3.34. The van der Waals surface area contributed by atoms with Crippen molar-refractivity contribution in [3.63, 3.8) is 0 Å². The zero-order chi connectivity index (χ0) is 13.1. The lowest BCUT2D eigenvalue weighted by Crippen LogP contribution is -2.33. The first-order chi connectivity index (χ1) is 8.56. The Bertz CT molecular complexity index is 475. The number of carbonyl (C=O) groups is 2. The van der Waals surface area contributed by atoms with Gasteiger partial charge in [0, 0.05) is 24.0 Å². The number of benzene rings is 1. The minimum absolute atomic E-state index is 0.00626. The minimum atomic E-state index is -0.870. The molecule has 0 bridgehead atoms. The highest BCUT2D eigenvalue weighted by Gasteiger charge is 2.32. The van der Waals surface area contributed by atoms with Crippen molar-refractivity contribution in [1.29, 1.82) is 0 Å². The van der Waals surface area contributed by atoms with Gasteiger partial charge in [0.1, 0.15) is 0 Å². The first-order valence-electron chi connectivity index (χ1n) is 5.82. The number of carboxylic acid groups (broad SMARTS) is 1. The molecular formula is C13H14ClNO3. The van der Waals surface area contributed by atoms with Crippen LogP contribution in [0, 0.1) is 0 Å². The number of amides is 1. The van der Waals surface area contributed by atoms with Gasteiger partial charge in [-0.15, -0.1) is 0 Å². The predicted octanol–water partition coefficient (Wildman–Crippen LogP) is 2.31. The second-order valence-corrected chi connectivity index (χ2v) is 4.88. The summed E-state index contributed by atoms with van der Waals surface area (Å²) < 4.78 is 0. The van der Waals surface area contributed by atoms with Gasteiger partial charge in [-0.05, 0) is 24.1 Å². The molecule has 1 amide bonds. The van der Waals surface area contributed by atoms with Gasteiger partial charge in [0.2, 0.25) is 5.91 Å². The van der Waals surface area contributed by atoms with Gasteiger partial charge in [0.15, 0.2) is 0 Å². The van der Waals surface area contributed by atoms with E-state index in [0.717, 1.165) is 5.56 Å². The van der Waals surface area contributed by atoms with Crippen molar-refractivity contribution >= 4 is 23.5 Å². The van der Waals surface area contributed by atoms with Crippen molar-refractivity contribution in [3.8, 4) is 0 Å². The maximum atomic E-state index is 11.8. The van der Waals surface area contributed by atoms with Crippen LogP contribution >= 0.6 is 11.6 Å². The molecule has 1 unspecified atom stereocenters. The molecule has 0 spiro atoms. The highest BCUT2D eigenvalue weighted by atomic mass is 35.5. The summed E-state index contributed by atoms with van der Waals surface area (Å²) in [7, 11) is 0. The van der Waals surface area contributed by atoms with Crippen LogP contribution in [0.5, 0.6) is 0 Å². The highest BCUT2D eigenvalue weighted by molar-refractivity contribution is 6.30. The molecule has 1 aromatic carbocycles. The van der Waals surface area contributed by atoms with Crippen LogP contribution in [0.4, 0.5) is 0 Å². The van der Waals surface area contributed by atoms with Crippen molar-refractivity contribution in [2.75, 3.05) is 0 Å². The van der Waals surface area contributed by atoms with E-state index in [2.05, 4.69) is 0 Å². The number of carbonyl (C=O) groups excluding carboxylic acids is 1. The Balaban J connectivity index is 2.10. The summed E-state index contributed by atoms with van der Waals surface area (Å²) in [6.07, 6.45) is 1.05. The van der Waals surface area contributed by atoms with Crippen molar-refractivity contribution in [3.05, 3.63) is 34.9 Å². The van der Waals surface area contributed by atoms with Crippen LogP contribution in [0.15, 0.2) is 24.3 Å². The number of hydrogen-bond donors (Lipinski definition) is 1.